The van der Waals surface area contributed by atoms with Crippen LogP contribution in [0, 0.1) is 0 Å². The Morgan fingerprint density at radius 2 is 2.15 bits per heavy atom. The van der Waals surface area contributed by atoms with E-state index in [1.54, 1.807) is 7.05 Å². The highest BCUT2D eigenvalue weighted by Crippen LogP contribution is 2.16. The van der Waals surface area contributed by atoms with Crippen LogP contribution >= 0.6 is 0 Å². The number of fused-ring (bicyclic) bond motifs is 1. The molecule has 0 aromatic carbocycles. The number of hydrogen-bond donors (Lipinski definition) is 1. The van der Waals surface area contributed by atoms with Gasteiger partial charge in [-0.1, -0.05) is 0 Å². The Morgan fingerprint density at radius 3 is 2.85 bits per heavy atom. The lowest BCUT2D eigenvalue weighted by Gasteiger charge is -2.11. The monoisotopic (exact) mass is 202 g/mol. The van der Waals surface area contributed by atoms with Crippen LogP contribution in [-0.4, -0.2) is 24.0 Å². The molecule has 2 rings (SSSR count). The summed E-state index contributed by atoms with van der Waals surface area (Å²) in [6, 6.07) is 0. The third-order valence-corrected chi connectivity index (χ3v) is 3.86. The minimum atomic E-state index is -2.99. The summed E-state index contributed by atoms with van der Waals surface area (Å²) in [6.07, 6.45) is 0.341. The Labute approximate surface area is 75.3 Å². The summed E-state index contributed by atoms with van der Waals surface area (Å²) in [5.41, 5.74) is 1.07. The van der Waals surface area contributed by atoms with Crippen LogP contribution in [0.1, 0.15) is 11.3 Å². The number of aromatic amines is 1. The van der Waals surface area contributed by atoms with Crippen molar-refractivity contribution in [2.75, 3.05) is 5.75 Å². The number of H-pyrrole nitrogens is 1. The van der Waals surface area contributed by atoms with Gasteiger partial charge in [0.25, 0.3) is 5.56 Å². The van der Waals surface area contributed by atoms with E-state index in [0.29, 0.717) is 17.7 Å². The number of rotatable bonds is 0. The molecule has 0 atom stereocenters. The predicted octanol–water partition coefficient (Wildman–Crippen LogP) is -0.816. The standard InChI is InChI=1S/C7H10N2O3S/c1-9-6-4-13(11,12)3-2-5(6)7(10)8-9/h2-4H2,1H3,(H,8,10). The van der Waals surface area contributed by atoms with Crippen molar-refractivity contribution in [1.29, 1.82) is 0 Å². The van der Waals surface area contributed by atoms with Crippen LogP contribution in [0.4, 0.5) is 0 Å². The molecule has 1 N–H and O–H groups in total. The minimum absolute atomic E-state index is 0.0163. The fourth-order valence-electron chi connectivity index (χ4n) is 1.60. The molecule has 1 aliphatic rings. The third kappa shape index (κ3) is 1.31. The van der Waals surface area contributed by atoms with Gasteiger partial charge in [0.15, 0.2) is 9.84 Å². The van der Waals surface area contributed by atoms with Gasteiger partial charge in [0.1, 0.15) is 0 Å². The molecule has 0 saturated carbocycles. The lowest BCUT2D eigenvalue weighted by molar-refractivity contribution is 0.587. The van der Waals surface area contributed by atoms with E-state index in [9.17, 15) is 13.2 Å². The van der Waals surface area contributed by atoms with Crippen molar-refractivity contribution in [1.82, 2.24) is 9.78 Å². The Balaban J connectivity index is 2.64. The Bertz CT molecular complexity index is 494. The first-order valence-corrected chi connectivity index (χ1v) is 5.79. The van der Waals surface area contributed by atoms with Crippen molar-refractivity contribution >= 4 is 9.84 Å². The molecule has 0 spiro atoms. The summed E-state index contributed by atoms with van der Waals surface area (Å²) in [5, 5.41) is 2.55. The number of hydrogen-bond acceptors (Lipinski definition) is 3. The van der Waals surface area contributed by atoms with E-state index in [4.69, 9.17) is 0 Å². The number of sulfone groups is 1. The lowest BCUT2D eigenvalue weighted by atomic mass is 10.2. The van der Waals surface area contributed by atoms with Gasteiger partial charge in [-0.2, -0.15) is 0 Å². The van der Waals surface area contributed by atoms with Crippen molar-refractivity contribution < 1.29 is 8.42 Å². The summed E-state index contributed by atoms with van der Waals surface area (Å²) in [4.78, 5) is 11.2. The van der Waals surface area contributed by atoms with Crippen LogP contribution < -0.4 is 5.56 Å². The number of aromatic nitrogens is 2. The van der Waals surface area contributed by atoms with Gasteiger partial charge in [0.2, 0.25) is 0 Å². The van der Waals surface area contributed by atoms with Crippen molar-refractivity contribution in [3.05, 3.63) is 21.6 Å². The molecule has 0 bridgehead atoms. The first kappa shape index (κ1) is 8.55. The molecular formula is C7H10N2O3S. The quantitative estimate of drug-likeness (QED) is 0.597. The average molecular weight is 202 g/mol. The van der Waals surface area contributed by atoms with Gasteiger partial charge in [-0.25, -0.2) is 8.42 Å². The van der Waals surface area contributed by atoms with Crippen LogP contribution in [0.2, 0.25) is 0 Å². The summed E-state index contributed by atoms with van der Waals surface area (Å²) in [6.45, 7) is 0. The maximum Gasteiger partial charge on any atom is 0.267 e. The van der Waals surface area contributed by atoms with E-state index < -0.39 is 9.84 Å². The molecule has 0 fully saturated rings. The van der Waals surface area contributed by atoms with Crippen LogP contribution in [0.15, 0.2) is 4.79 Å². The van der Waals surface area contributed by atoms with Crippen LogP contribution in [0.25, 0.3) is 0 Å². The molecule has 6 heteroatoms. The van der Waals surface area contributed by atoms with Crippen LogP contribution in [0.3, 0.4) is 0 Å². The van der Waals surface area contributed by atoms with Gasteiger partial charge in [0, 0.05) is 12.6 Å². The highest BCUT2D eigenvalue weighted by Gasteiger charge is 2.26. The predicted molar refractivity (Wildman–Crippen MR) is 47.2 cm³/mol. The van der Waals surface area contributed by atoms with Crippen molar-refractivity contribution in [2.24, 2.45) is 7.05 Å². The van der Waals surface area contributed by atoms with Crippen LogP contribution in [0.5, 0.6) is 0 Å². The fraction of sp³-hybridized carbons (Fsp3) is 0.571. The molecular weight excluding hydrogens is 192 g/mol. The maximum atomic E-state index is 11.2. The molecule has 1 aliphatic heterocycles. The second kappa shape index (κ2) is 2.47. The molecule has 0 saturated heterocycles. The maximum absolute atomic E-state index is 11.2. The summed E-state index contributed by atoms with van der Waals surface area (Å²) < 4.78 is 24.0. The zero-order chi connectivity index (χ0) is 9.64. The topological polar surface area (TPSA) is 71.9 Å². The molecule has 1 aromatic heterocycles. The SMILES string of the molecule is Cn1[nH]c(=O)c2c1CS(=O)(=O)CC2. The molecule has 13 heavy (non-hydrogen) atoms. The lowest BCUT2D eigenvalue weighted by Crippen LogP contribution is -2.22. The average Bonchev–Trinajstić information content (AvgIpc) is 2.26. The number of aryl methyl sites for hydroxylation is 1. The molecule has 5 nitrogen and oxygen atoms in total. The van der Waals surface area contributed by atoms with Crippen LogP contribution in [-0.2, 0) is 29.1 Å². The van der Waals surface area contributed by atoms with Gasteiger partial charge < -0.3 is 0 Å². The second-order valence-electron chi connectivity index (χ2n) is 3.27. The largest absolute Gasteiger partial charge is 0.291 e. The summed E-state index contributed by atoms with van der Waals surface area (Å²) >= 11 is 0. The Hall–Kier alpha value is -1.04. The van der Waals surface area contributed by atoms with E-state index in [1.807, 2.05) is 0 Å². The minimum Gasteiger partial charge on any atom is -0.291 e. The van der Waals surface area contributed by atoms with Gasteiger partial charge in [0.05, 0.1) is 17.2 Å². The van der Waals surface area contributed by atoms with E-state index in [0.717, 1.165) is 0 Å². The van der Waals surface area contributed by atoms with E-state index >= 15 is 0 Å². The van der Waals surface area contributed by atoms with Crippen molar-refractivity contribution in [3.8, 4) is 0 Å². The van der Waals surface area contributed by atoms with Gasteiger partial charge in [-0.15, -0.1) is 0 Å². The molecule has 0 unspecified atom stereocenters. The molecule has 1 aromatic rings. The Kier molecular flexibility index (Phi) is 1.63. The second-order valence-corrected chi connectivity index (χ2v) is 5.45. The van der Waals surface area contributed by atoms with E-state index in [-0.39, 0.29) is 17.1 Å². The smallest absolute Gasteiger partial charge is 0.267 e. The molecule has 72 valence electrons. The normalized spacial score (nSPS) is 19.8. The van der Waals surface area contributed by atoms with E-state index in [1.165, 1.54) is 4.68 Å². The Morgan fingerprint density at radius 1 is 1.46 bits per heavy atom. The number of nitrogens with one attached hydrogen (secondary N) is 1. The van der Waals surface area contributed by atoms with Crippen molar-refractivity contribution in [3.63, 3.8) is 0 Å². The zero-order valence-corrected chi connectivity index (χ0v) is 8.02. The third-order valence-electron chi connectivity index (χ3n) is 2.32. The fourth-order valence-corrected chi connectivity index (χ4v) is 3.04. The highest BCUT2D eigenvalue weighted by atomic mass is 32.2. The molecule has 2 heterocycles. The summed E-state index contributed by atoms with van der Waals surface area (Å²) in [5.74, 6) is 0.0741. The van der Waals surface area contributed by atoms with Gasteiger partial charge in [-0.05, 0) is 6.42 Å². The molecule has 0 radical (unpaired) electrons. The van der Waals surface area contributed by atoms with Crippen molar-refractivity contribution in [2.45, 2.75) is 12.2 Å². The van der Waals surface area contributed by atoms with Gasteiger partial charge in [-0.3, -0.25) is 14.6 Å². The molecule has 0 amide bonds. The first-order valence-electron chi connectivity index (χ1n) is 3.97. The zero-order valence-electron chi connectivity index (χ0n) is 7.20. The van der Waals surface area contributed by atoms with E-state index in [2.05, 4.69) is 5.10 Å². The number of nitrogens with zero attached hydrogens (tertiary/aromatic N) is 1. The molecule has 0 aliphatic carbocycles. The highest BCUT2D eigenvalue weighted by molar-refractivity contribution is 7.90. The summed E-state index contributed by atoms with van der Waals surface area (Å²) in [7, 11) is -1.33. The van der Waals surface area contributed by atoms with Gasteiger partial charge >= 0.3 is 0 Å². The first-order chi connectivity index (χ1) is 5.99.